The molecule has 33 heavy (non-hydrogen) atoms. The molecule has 0 atom stereocenters. The molecule has 2 heterocycles. The third-order valence-electron chi connectivity index (χ3n) is 5.40. The minimum absolute atomic E-state index is 0. The summed E-state index contributed by atoms with van der Waals surface area (Å²) in [5, 5.41) is 2.71. The van der Waals surface area contributed by atoms with Crippen molar-refractivity contribution in [2.45, 2.75) is 6.42 Å². The number of hydrogen-bond acceptors (Lipinski definition) is 6. The van der Waals surface area contributed by atoms with Gasteiger partial charge in [-0.25, -0.2) is 4.98 Å². The number of aromatic nitrogens is 1. The van der Waals surface area contributed by atoms with Crippen LogP contribution in [0.3, 0.4) is 0 Å². The first-order valence-electron chi connectivity index (χ1n) is 10.6. The monoisotopic (exact) mass is 551 g/mol. The molecule has 1 amide bonds. The van der Waals surface area contributed by atoms with Gasteiger partial charge in [-0.05, 0) is 55.0 Å². The Hall–Kier alpha value is -1.97. The molecule has 6 nitrogen and oxygen atoms in total. The Morgan fingerprint density at radius 1 is 1.15 bits per heavy atom. The molecule has 0 radical (unpaired) electrons. The van der Waals surface area contributed by atoms with Crippen LogP contribution in [0.15, 0.2) is 58.4 Å². The van der Waals surface area contributed by atoms with Gasteiger partial charge >= 0.3 is 0 Å². The van der Waals surface area contributed by atoms with E-state index in [4.69, 9.17) is 14.5 Å². The zero-order valence-electron chi connectivity index (χ0n) is 18.4. The molecule has 0 aliphatic carbocycles. The molecule has 1 aromatic heterocycles. The van der Waals surface area contributed by atoms with Crippen molar-refractivity contribution in [2.24, 2.45) is 0 Å². The zero-order valence-corrected chi connectivity index (χ0v) is 21.6. The highest BCUT2D eigenvalue weighted by atomic mass is 79.9. The Bertz CT molecular complexity index is 1020. The summed E-state index contributed by atoms with van der Waals surface area (Å²) in [5.41, 5.74) is 2.51. The van der Waals surface area contributed by atoms with Gasteiger partial charge < -0.3 is 9.47 Å². The van der Waals surface area contributed by atoms with Gasteiger partial charge in [-0.2, -0.15) is 0 Å². The van der Waals surface area contributed by atoms with E-state index in [1.807, 2.05) is 53.9 Å². The fourth-order valence-corrected chi connectivity index (χ4v) is 4.71. The summed E-state index contributed by atoms with van der Waals surface area (Å²) in [6, 6.07) is 15.3. The molecule has 1 saturated heterocycles. The number of nitrogens with zero attached hydrogens (tertiary/aromatic N) is 3. The average Bonchev–Trinajstić information content (AvgIpc) is 3.32. The highest BCUT2D eigenvalue weighted by Crippen LogP contribution is 2.30. The summed E-state index contributed by atoms with van der Waals surface area (Å²) in [6.07, 6.45) is 0.875. The molecule has 9 heteroatoms. The first kappa shape index (κ1) is 25.6. The van der Waals surface area contributed by atoms with Crippen molar-refractivity contribution < 1.29 is 14.3 Å². The van der Waals surface area contributed by atoms with Crippen LogP contribution in [0, 0.1) is 0 Å². The second-order valence-corrected chi connectivity index (χ2v) is 9.27. The molecule has 1 aliphatic rings. The van der Waals surface area contributed by atoms with Crippen LogP contribution >= 0.6 is 39.7 Å². The van der Waals surface area contributed by atoms with Gasteiger partial charge in [0, 0.05) is 47.2 Å². The fourth-order valence-electron chi connectivity index (χ4n) is 3.59. The van der Waals surface area contributed by atoms with Gasteiger partial charge in [0.1, 0.15) is 5.75 Å². The highest BCUT2D eigenvalue weighted by Gasteiger charge is 2.22. The number of thiazole rings is 1. The van der Waals surface area contributed by atoms with Crippen molar-refractivity contribution >= 4 is 50.7 Å². The molecule has 3 aromatic rings. The first-order valence-corrected chi connectivity index (χ1v) is 12.3. The molecule has 0 spiro atoms. The Kier molecular flexibility index (Phi) is 9.70. The van der Waals surface area contributed by atoms with Crippen molar-refractivity contribution in [3.05, 3.63) is 63.9 Å². The van der Waals surface area contributed by atoms with Crippen LogP contribution in [-0.4, -0.2) is 62.3 Å². The second kappa shape index (κ2) is 12.5. The molecule has 1 aliphatic heterocycles. The van der Waals surface area contributed by atoms with Crippen LogP contribution in [0.25, 0.3) is 11.3 Å². The van der Waals surface area contributed by atoms with E-state index in [0.29, 0.717) is 17.2 Å². The van der Waals surface area contributed by atoms with Gasteiger partial charge in [0.05, 0.1) is 26.0 Å². The summed E-state index contributed by atoms with van der Waals surface area (Å²) >= 11 is 4.94. The standard InChI is InChI=1S/C24H26BrN3O3S.ClH/c1-30-21-9-5-18(6-10-21)22-17-32-24(26-22)28(12-2-11-27-13-15-31-16-14-27)23(29)19-3-7-20(25)8-4-19;/h3-10,17H,2,11-16H2,1H3;1H. The van der Waals surface area contributed by atoms with Crippen LogP contribution in [-0.2, 0) is 4.74 Å². The van der Waals surface area contributed by atoms with Gasteiger partial charge in [0.2, 0.25) is 0 Å². The van der Waals surface area contributed by atoms with E-state index in [2.05, 4.69) is 20.8 Å². The second-order valence-electron chi connectivity index (χ2n) is 7.52. The predicted octanol–water partition coefficient (Wildman–Crippen LogP) is 5.37. The molecule has 0 bridgehead atoms. The lowest BCUT2D eigenvalue weighted by Gasteiger charge is -2.27. The van der Waals surface area contributed by atoms with E-state index >= 15 is 0 Å². The third kappa shape index (κ3) is 6.77. The van der Waals surface area contributed by atoms with Crippen LogP contribution in [0.5, 0.6) is 5.75 Å². The number of methoxy groups -OCH3 is 1. The van der Waals surface area contributed by atoms with E-state index in [9.17, 15) is 4.79 Å². The Labute approximate surface area is 213 Å². The quantitative estimate of drug-likeness (QED) is 0.376. The lowest BCUT2D eigenvalue weighted by Crippen LogP contribution is -2.39. The number of halogens is 2. The molecule has 176 valence electrons. The normalized spacial score (nSPS) is 13.9. The predicted molar refractivity (Wildman–Crippen MR) is 139 cm³/mol. The summed E-state index contributed by atoms with van der Waals surface area (Å²) in [4.78, 5) is 22.4. The number of ether oxygens (including phenoxy) is 2. The number of rotatable bonds is 8. The van der Waals surface area contributed by atoms with Crippen molar-refractivity contribution in [2.75, 3.05) is 51.4 Å². The summed E-state index contributed by atoms with van der Waals surface area (Å²) < 4.78 is 11.6. The van der Waals surface area contributed by atoms with Gasteiger partial charge in [-0.1, -0.05) is 15.9 Å². The minimum Gasteiger partial charge on any atom is -0.497 e. The average molecular weight is 553 g/mol. The minimum atomic E-state index is -0.0323. The smallest absolute Gasteiger partial charge is 0.260 e. The van der Waals surface area contributed by atoms with Crippen molar-refractivity contribution in [3.8, 4) is 17.0 Å². The Balaban J connectivity index is 0.00000306. The topological polar surface area (TPSA) is 54.9 Å². The van der Waals surface area contributed by atoms with Crippen LogP contribution in [0.4, 0.5) is 5.13 Å². The van der Waals surface area contributed by atoms with E-state index in [1.165, 1.54) is 11.3 Å². The SMILES string of the molecule is COc1ccc(-c2csc(N(CCCN3CCOCC3)C(=O)c3ccc(Br)cc3)n2)cc1.Cl. The number of morpholine rings is 1. The lowest BCUT2D eigenvalue weighted by atomic mass is 10.2. The van der Waals surface area contributed by atoms with Gasteiger partial charge in [-0.3, -0.25) is 14.6 Å². The van der Waals surface area contributed by atoms with Crippen LogP contribution in [0.1, 0.15) is 16.8 Å². The lowest BCUT2D eigenvalue weighted by molar-refractivity contribution is 0.0376. The summed E-state index contributed by atoms with van der Waals surface area (Å²) in [5.74, 6) is 0.773. The largest absolute Gasteiger partial charge is 0.497 e. The molecule has 1 fully saturated rings. The Morgan fingerprint density at radius 2 is 1.85 bits per heavy atom. The van der Waals surface area contributed by atoms with E-state index in [-0.39, 0.29) is 18.3 Å². The van der Waals surface area contributed by atoms with Gasteiger partial charge in [-0.15, -0.1) is 23.7 Å². The van der Waals surface area contributed by atoms with E-state index < -0.39 is 0 Å². The number of hydrogen-bond donors (Lipinski definition) is 0. The van der Waals surface area contributed by atoms with E-state index in [1.54, 1.807) is 12.0 Å². The molecule has 0 N–H and O–H groups in total. The maximum Gasteiger partial charge on any atom is 0.260 e. The highest BCUT2D eigenvalue weighted by molar-refractivity contribution is 9.10. The Morgan fingerprint density at radius 3 is 2.52 bits per heavy atom. The number of carbonyl (C=O) groups is 1. The van der Waals surface area contributed by atoms with Crippen LogP contribution < -0.4 is 9.64 Å². The van der Waals surface area contributed by atoms with Crippen molar-refractivity contribution in [1.29, 1.82) is 0 Å². The molecular weight excluding hydrogens is 526 g/mol. The maximum absolute atomic E-state index is 13.4. The van der Waals surface area contributed by atoms with E-state index in [0.717, 1.165) is 60.7 Å². The van der Waals surface area contributed by atoms with Crippen molar-refractivity contribution in [3.63, 3.8) is 0 Å². The third-order valence-corrected chi connectivity index (χ3v) is 6.80. The fraction of sp³-hybridized carbons (Fsp3) is 0.333. The van der Waals surface area contributed by atoms with Gasteiger partial charge in [0.15, 0.2) is 5.13 Å². The van der Waals surface area contributed by atoms with Gasteiger partial charge in [0.25, 0.3) is 5.91 Å². The molecule has 0 saturated carbocycles. The molecular formula is C24H27BrClN3O3S. The van der Waals surface area contributed by atoms with Crippen LogP contribution in [0.2, 0.25) is 0 Å². The molecule has 0 unspecified atom stereocenters. The number of benzene rings is 2. The summed E-state index contributed by atoms with van der Waals surface area (Å²) in [6.45, 7) is 4.99. The van der Waals surface area contributed by atoms with Crippen molar-refractivity contribution in [1.82, 2.24) is 9.88 Å². The number of anilines is 1. The number of carbonyl (C=O) groups excluding carboxylic acids is 1. The zero-order chi connectivity index (χ0) is 22.3. The molecule has 4 rings (SSSR count). The maximum atomic E-state index is 13.4. The first-order chi connectivity index (χ1) is 15.6. The number of amides is 1. The molecule has 2 aromatic carbocycles. The summed E-state index contributed by atoms with van der Waals surface area (Å²) in [7, 11) is 1.65.